The number of ether oxygens (including phenoxy) is 1. The highest BCUT2D eigenvalue weighted by atomic mass is 16.5. The number of aliphatic hydroxyl groups excluding tert-OH is 2. The first kappa shape index (κ1) is 28.2. The van der Waals surface area contributed by atoms with Gasteiger partial charge in [0.1, 0.15) is 12.4 Å². The van der Waals surface area contributed by atoms with Crippen LogP contribution < -0.4 is 4.74 Å². The molecule has 1 aliphatic carbocycles. The molecule has 3 N–H and O–H groups in total. The van der Waals surface area contributed by atoms with Gasteiger partial charge >= 0.3 is 5.97 Å². The van der Waals surface area contributed by atoms with Crippen LogP contribution in [0, 0.1) is 19.3 Å². The van der Waals surface area contributed by atoms with Crippen molar-refractivity contribution in [3.05, 3.63) is 64.2 Å². The van der Waals surface area contributed by atoms with E-state index < -0.39 is 12.1 Å². The van der Waals surface area contributed by atoms with E-state index in [1.54, 1.807) is 0 Å². The Hall–Kier alpha value is -2.37. The van der Waals surface area contributed by atoms with E-state index in [1.807, 2.05) is 13.0 Å². The first-order valence-corrected chi connectivity index (χ1v) is 13.5. The van der Waals surface area contributed by atoms with E-state index in [0.717, 1.165) is 44.1 Å². The summed E-state index contributed by atoms with van der Waals surface area (Å²) >= 11 is 0. The van der Waals surface area contributed by atoms with Crippen molar-refractivity contribution in [2.75, 3.05) is 6.61 Å². The van der Waals surface area contributed by atoms with Crippen LogP contribution >= 0.6 is 0 Å². The van der Waals surface area contributed by atoms with Crippen molar-refractivity contribution in [1.82, 2.24) is 0 Å². The first-order chi connectivity index (χ1) is 17.0. The molecule has 0 radical (unpaired) electrons. The van der Waals surface area contributed by atoms with Gasteiger partial charge in [0.15, 0.2) is 0 Å². The minimum Gasteiger partial charge on any atom is -0.491 e. The number of hydrogen-bond donors (Lipinski definition) is 3. The van der Waals surface area contributed by atoms with Crippen LogP contribution in [0.15, 0.2) is 36.4 Å². The number of benzene rings is 2. The molecule has 3 rings (SSSR count). The van der Waals surface area contributed by atoms with E-state index in [9.17, 15) is 15.0 Å². The summed E-state index contributed by atoms with van der Waals surface area (Å²) in [5.74, 6) is -0.206. The Bertz CT molecular complexity index is 1040. The van der Waals surface area contributed by atoms with E-state index in [-0.39, 0.29) is 36.4 Å². The average Bonchev–Trinajstić information content (AvgIpc) is 3.61. The van der Waals surface area contributed by atoms with Crippen molar-refractivity contribution in [2.45, 2.75) is 104 Å². The monoisotopic (exact) mass is 496 g/mol. The smallest absolute Gasteiger partial charge is 0.303 e. The molecule has 0 bridgehead atoms. The average molecular weight is 497 g/mol. The Labute approximate surface area is 216 Å². The summed E-state index contributed by atoms with van der Waals surface area (Å²) < 4.78 is 5.82. The van der Waals surface area contributed by atoms with Crippen LogP contribution in [-0.2, 0) is 16.6 Å². The summed E-state index contributed by atoms with van der Waals surface area (Å²) in [5.41, 5.74) is 6.16. The number of carboxylic acid groups (broad SMARTS) is 1. The van der Waals surface area contributed by atoms with Crippen LogP contribution in [0.5, 0.6) is 5.75 Å². The maximum atomic E-state index is 10.7. The van der Waals surface area contributed by atoms with Crippen LogP contribution in [0.25, 0.3) is 0 Å². The van der Waals surface area contributed by atoms with Crippen molar-refractivity contribution < 1.29 is 24.9 Å². The Morgan fingerprint density at radius 3 is 2.14 bits per heavy atom. The molecule has 0 amide bonds. The van der Waals surface area contributed by atoms with Gasteiger partial charge in [-0.15, -0.1) is 0 Å². The molecule has 0 saturated heterocycles. The van der Waals surface area contributed by atoms with E-state index >= 15 is 0 Å². The molecule has 0 heterocycles. The molecule has 5 heteroatoms. The van der Waals surface area contributed by atoms with Gasteiger partial charge in [0, 0.05) is 11.8 Å². The lowest BCUT2D eigenvalue weighted by Crippen LogP contribution is -2.26. The summed E-state index contributed by atoms with van der Waals surface area (Å²) in [6, 6.07) is 13.1. The third-order valence-electron chi connectivity index (χ3n) is 8.48. The maximum Gasteiger partial charge on any atom is 0.303 e. The molecule has 0 aliphatic heterocycles. The summed E-state index contributed by atoms with van der Waals surface area (Å²) in [6.07, 6.45) is 4.99. The van der Waals surface area contributed by atoms with Gasteiger partial charge in [0.05, 0.1) is 12.2 Å². The molecular weight excluding hydrogens is 452 g/mol. The second kappa shape index (κ2) is 11.8. The molecule has 2 aromatic rings. The molecule has 0 spiro atoms. The van der Waals surface area contributed by atoms with Gasteiger partial charge in [-0.1, -0.05) is 51.1 Å². The van der Waals surface area contributed by atoms with E-state index in [0.29, 0.717) is 5.75 Å². The van der Waals surface area contributed by atoms with Gasteiger partial charge in [-0.25, -0.2) is 0 Å². The second-order valence-corrected chi connectivity index (χ2v) is 11.0. The highest BCUT2D eigenvalue weighted by Gasteiger charge is 2.43. The molecular formula is C31H44O5. The Kier molecular flexibility index (Phi) is 9.23. The Balaban J connectivity index is 1.75. The van der Waals surface area contributed by atoms with Crippen LogP contribution in [0.3, 0.4) is 0 Å². The van der Waals surface area contributed by atoms with Crippen molar-refractivity contribution >= 4 is 5.97 Å². The molecule has 1 fully saturated rings. The third-order valence-corrected chi connectivity index (χ3v) is 8.48. The number of aryl methyl sites for hydroxylation is 3. The molecule has 1 saturated carbocycles. The molecule has 198 valence electrons. The first-order valence-electron chi connectivity index (χ1n) is 13.5. The van der Waals surface area contributed by atoms with Crippen molar-refractivity contribution in [1.29, 1.82) is 0 Å². The number of aliphatic hydroxyl groups is 2. The number of hydrogen-bond acceptors (Lipinski definition) is 4. The molecule has 5 nitrogen and oxygen atoms in total. The normalized spacial score (nSPS) is 16.4. The number of aliphatic carboxylic acids is 1. The fourth-order valence-electron chi connectivity index (χ4n) is 5.35. The standard InChI is InChI=1S/C31H44O5/c1-6-31(7-2,24-10-8-23(21(3)18-24)9-14-28(33)30(5)16-17-30)25-11-13-27(22(4)19-25)36-20-26(32)12-15-29(34)35/h8,10-11,13,18-19,26,28,32-33H,6-7,9,12,14-17,20H2,1-5H3,(H,34,35). The van der Waals surface area contributed by atoms with Crippen LogP contribution in [0.1, 0.15) is 93.5 Å². The lowest BCUT2D eigenvalue weighted by Gasteiger charge is -2.34. The van der Waals surface area contributed by atoms with E-state index in [2.05, 4.69) is 58.0 Å². The van der Waals surface area contributed by atoms with Gasteiger partial charge in [-0.05, 0) is 98.1 Å². The second-order valence-electron chi connectivity index (χ2n) is 11.0. The van der Waals surface area contributed by atoms with Crippen LogP contribution in [0.2, 0.25) is 0 Å². The van der Waals surface area contributed by atoms with Gasteiger partial charge in [0.2, 0.25) is 0 Å². The highest BCUT2D eigenvalue weighted by molar-refractivity contribution is 5.66. The van der Waals surface area contributed by atoms with Crippen LogP contribution in [0.4, 0.5) is 0 Å². The third kappa shape index (κ3) is 6.49. The SMILES string of the molecule is CCC(CC)(c1ccc(CCC(O)C2(C)CC2)c(C)c1)c1ccc(OCC(O)CCC(=O)O)c(C)c1. The zero-order chi connectivity index (χ0) is 26.5. The quantitative estimate of drug-likeness (QED) is 0.294. The lowest BCUT2D eigenvalue weighted by atomic mass is 9.69. The van der Waals surface area contributed by atoms with E-state index in [4.69, 9.17) is 9.84 Å². The van der Waals surface area contributed by atoms with Crippen molar-refractivity contribution in [3.8, 4) is 5.75 Å². The highest BCUT2D eigenvalue weighted by Crippen LogP contribution is 2.49. The predicted octanol–water partition coefficient (Wildman–Crippen LogP) is 6.11. The minimum absolute atomic E-state index is 0.0733. The summed E-state index contributed by atoms with van der Waals surface area (Å²) in [5, 5.41) is 29.3. The number of carbonyl (C=O) groups is 1. The fourth-order valence-corrected chi connectivity index (χ4v) is 5.35. The largest absolute Gasteiger partial charge is 0.491 e. The Morgan fingerprint density at radius 2 is 1.61 bits per heavy atom. The minimum atomic E-state index is -0.918. The van der Waals surface area contributed by atoms with Gasteiger partial charge in [-0.3, -0.25) is 4.79 Å². The molecule has 1 aliphatic rings. The zero-order valence-electron chi connectivity index (χ0n) is 22.6. The zero-order valence-corrected chi connectivity index (χ0v) is 22.6. The maximum absolute atomic E-state index is 10.7. The van der Waals surface area contributed by atoms with Crippen LogP contribution in [-0.4, -0.2) is 40.1 Å². The topological polar surface area (TPSA) is 87.0 Å². The van der Waals surface area contributed by atoms with Gasteiger partial charge < -0.3 is 20.1 Å². The molecule has 0 aromatic heterocycles. The lowest BCUT2D eigenvalue weighted by molar-refractivity contribution is -0.137. The van der Waals surface area contributed by atoms with Crippen molar-refractivity contribution in [2.24, 2.45) is 5.41 Å². The number of rotatable bonds is 14. The summed E-state index contributed by atoms with van der Waals surface area (Å²) in [6.45, 7) is 10.9. The van der Waals surface area contributed by atoms with Gasteiger partial charge in [0.25, 0.3) is 0 Å². The summed E-state index contributed by atoms with van der Waals surface area (Å²) in [4.78, 5) is 10.7. The summed E-state index contributed by atoms with van der Waals surface area (Å²) in [7, 11) is 0. The van der Waals surface area contributed by atoms with E-state index in [1.165, 1.54) is 22.3 Å². The predicted molar refractivity (Wildman–Crippen MR) is 144 cm³/mol. The Morgan fingerprint density at radius 1 is 1.00 bits per heavy atom. The van der Waals surface area contributed by atoms with Gasteiger partial charge in [-0.2, -0.15) is 0 Å². The molecule has 2 atom stereocenters. The van der Waals surface area contributed by atoms with Crippen molar-refractivity contribution in [3.63, 3.8) is 0 Å². The molecule has 36 heavy (non-hydrogen) atoms. The molecule has 2 unspecified atom stereocenters. The fraction of sp³-hybridized carbons (Fsp3) is 0.581. The molecule has 2 aromatic carbocycles. The number of carboxylic acids is 1.